The minimum absolute atomic E-state index is 1.30. The van der Waals surface area contributed by atoms with Gasteiger partial charge < -0.3 is 4.57 Å². The Balaban J connectivity index is 2.34. The third-order valence-electron chi connectivity index (χ3n) is 3.46. The van der Waals surface area contributed by atoms with Crippen LogP contribution in [0.3, 0.4) is 0 Å². The van der Waals surface area contributed by atoms with Crippen LogP contribution >= 0.6 is 0 Å². The van der Waals surface area contributed by atoms with Crippen LogP contribution in [0.4, 0.5) is 0 Å². The highest BCUT2D eigenvalue weighted by atomic mass is 14.9. The molecule has 0 aliphatic carbocycles. The Kier molecular flexibility index (Phi) is 2.25. The molecule has 0 bridgehead atoms. The molecule has 84 valence electrons. The molecule has 0 spiro atoms. The number of fused-ring (bicyclic) bond motifs is 1. The third-order valence-corrected chi connectivity index (χ3v) is 3.46. The van der Waals surface area contributed by atoms with Crippen molar-refractivity contribution >= 4 is 10.8 Å². The summed E-state index contributed by atoms with van der Waals surface area (Å²) in [5.74, 6) is 0. The summed E-state index contributed by atoms with van der Waals surface area (Å²) < 4.78 is 2.16. The van der Waals surface area contributed by atoms with Crippen molar-refractivity contribution in [2.24, 2.45) is 7.05 Å². The molecule has 0 N–H and O–H groups in total. The van der Waals surface area contributed by atoms with Gasteiger partial charge in [0.2, 0.25) is 0 Å². The maximum absolute atomic E-state index is 2.20. The molecular formula is C16H15N. The Bertz CT molecular complexity index is 672. The van der Waals surface area contributed by atoms with E-state index in [1.165, 1.54) is 27.6 Å². The van der Waals surface area contributed by atoms with E-state index >= 15 is 0 Å². The lowest BCUT2D eigenvalue weighted by Crippen LogP contribution is -1.89. The Morgan fingerprint density at radius 2 is 1.59 bits per heavy atom. The van der Waals surface area contributed by atoms with Gasteiger partial charge in [0.25, 0.3) is 0 Å². The maximum atomic E-state index is 2.20. The molecule has 1 heteroatoms. The number of benzene rings is 2. The first kappa shape index (κ1) is 10.2. The molecule has 0 fully saturated rings. The van der Waals surface area contributed by atoms with Crippen LogP contribution in [0, 0.1) is 6.92 Å². The lowest BCUT2D eigenvalue weighted by Gasteiger charge is -2.07. The van der Waals surface area contributed by atoms with Crippen LogP contribution in [0.2, 0.25) is 0 Å². The van der Waals surface area contributed by atoms with Crippen molar-refractivity contribution in [1.82, 2.24) is 4.57 Å². The average Bonchev–Trinajstić information content (AvgIpc) is 2.69. The molecule has 0 unspecified atom stereocenters. The van der Waals surface area contributed by atoms with Crippen LogP contribution in [0.5, 0.6) is 0 Å². The molecule has 0 saturated heterocycles. The van der Waals surface area contributed by atoms with Crippen molar-refractivity contribution < 1.29 is 0 Å². The molecule has 0 aliphatic rings. The Morgan fingerprint density at radius 1 is 0.824 bits per heavy atom. The van der Waals surface area contributed by atoms with Gasteiger partial charge in [-0.3, -0.25) is 0 Å². The minimum atomic E-state index is 1.30. The molecule has 0 saturated carbocycles. The molecule has 0 aliphatic heterocycles. The lowest BCUT2D eigenvalue weighted by atomic mass is 9.99. The summed E-state index contributed by atoms with van der Waals surface area (Å²) in [6.07, 6.45) is 2.12. The second-order valence-electron chi connectivity index (χ2n) is 4.45. The fourth-order valence-corrected chi connectivity index (χ4v) is 2.35. The molecule has 17 heavy (non-hydrogen) atoms. The number of aromatic nitrogens is 1. The van der Waals surface area contributed by atoms with E-state index in [4.69, 9.17) is 0 Å². The summed E-state index contributed by atoms with van der Waals surface area (Å²) >= 11 is 0. The molecule has 1 heterocycles. The summed E-state index contributed by atoms with van der Waals surface area (Å²) in [7, 11) is 2.09. The van der Waals surface area contributed by atoms with E-state index in [2.05, 4.69) is 73.3 Å². The van der Waals surface area contributed by atoms with Crippen molar-refractivity contribution in [2.75, 3.05) is 0 Å². The summed E-state index contributed by atoms with van der Waals surface area (Å²) in [5, 5.41) is 2.62. The first-order valence-corrected chi connectivity index (χ1v) is 5.87. The van der Waals surface area contributed by atoms with Gasteiger partial charge in [-0.15, -0.1) is 0 Å². The van der Waals surface area contributed by atoms with Gasteiger partial charge in [0, 0.05) is 24.5 Å². The van der Waals surface area contributed by atoms with E-state index in [1.54, 1.807) is 0 Å². The Morgan fingerprint density at radius 3 is 2.35 bits per heavy atom. The van der Waals surface area contributed by atoms with E-state index in [-0.39, 0.29) is 0 Å². The standard InChI is InChI=1S/C16H15N/c1-12-14(10-11-17(12)2)16-9-5-7-13-6-3-4-8-15(13)16/h3-11H,1-2H3. The van der Waals surface area contributed by atoms with E-state index in [0.29, 0.717) is 0 Å². The predicted molar refractivity (Wildman–Crippen MR) is 73.1 cm³/mol. The number of aryl methyl sites for hydroxylation is 1. The number of nitrogens with zero attached hydrogens (tertiary/aromatic N) is 1. The monoisotopic (exact) mass is 221 g/mol. The van der Waals surface area contributed by atoms with Crippen LogP contribution in [-0.2, 0) is 7.05 Å². The molecule has 0 atom stereocenters. The quantitative estimate of drug-likeness (QED) is 0.581. The second kappa shape index (κ2) is 3.77. The minimum Gasteiger partial charge on any atom is -0.354 e. The molecule has 1 aromatic heterocycles. The SMILES string of the molecule is Cc1c(-c2cccc3ccccc23)ccn1C. The van der Waals surface area contributed by atoms with Gasteiger partial charge in [-0.1, -0.05) is 42.5 Å². The molecule has 0 amide bonds. The molecule has 2 aromatic carbocycles. The van der Waals surface area contributed by atoms with Crippen LogP contribution in [0.15, 0.2) is 54.7 Å². The average molecular weight is 221 g/mol. The van der Waals surface area contributed by atoms with Crippen molar-refractivity contribution in [2.45, 2.75) is 6.92 Å². The van der Waals surface area contributed by atoms with Gasteiger partial charge in [0.15, 0.2) is 0 Å². The van der Waals surface area contributed by atoms with Gasteiger partial charge in [-0.2, -0.15) is 0 Å². The zero-order valence-corrected chi connectivity index (χ0v) is 10.1. The van der Waals surface area contributed by atoms with Crippen LogP contribution < -0.4 is 0 Å². The van der Waals surface area contributed by atoms with Crippen molar-refractivity contribution in [3.05, 3.63) is 60.4 Å². The fraction of sp³-hybridized carbons (Fsp3) is 0.125. The van der Waals surface area contributed by atoms with Crippen molar-refractivity contribution in [1.29, 1.82) is 0 Å². The van der Waals surface area contributed by atoms with E-state index in [0.717, 1.165) is 0 Å². The highest BCUT2D eigenvalue weighted by Crippen LogP contribution is 2.30. The lowest BCUT2D eigenvalue weighted by molar-refractivity contribution is 0.883. The Hall–Kier alpha value is -2.02. The fourth-order valence-electron chi connectivity index (χ4n) is 2.35. The summed E-state index contributed by atoms with van der Waals surface area (Å²) in [6.45, 7) is 2.16. The van der Waals surface area contributed by atoms with Gasteiger partial charge in [0.05, 0.1) is 0 Å². The predicted octanol–water partition coefficient (Wildman–Crippen LogP) is 4.15. The third kappa shape index (κ3) is 1.55. The van der Waals surface area contributed by atoms with Crippen molar-refractivity contribution in [3.63, 3.8) is 0 Å². The summed E-state index contributed by atoms with van der Waals surface area (Å²) in [4.78, 5) is 0. The molecule has 3 rings (SSSR count). The van der Waals surface area contributed by atoms with Crippen molar-refractivity contribution in [3.8, 4) is 11.1 Å². The van der Waals surface area contributed by atoms with Crippen LogP contribution in [0.1, 0.15) is 5.69 Å². The van der Waals surface area contributed by atoms with Crippen LogP contribution in [-0.4, -0.2) is 4.57 Å². The molecule has 3 aromatic rings. The summed E-state index contributed by atoms with van der Waals surface area (Å²) in [6, 6.07) is 17.2. The zero-order chi connectivity index (χ0) is 11.8. The van der Waals surface area contributed by atoms with E-state index in [1.807, 2.05) is 0 Å². The second-order valence-corrected chi connectivity index (χ2v) is 4.45. The molecule has 1 nitrogen and oxygen atoms in total. The van der Waals surface area contributed by atoms with Gasteiger partial charge in [0.1, 0.15) is 0 Å². The molecular weight excluding hydrogens is 206 g/mol. The van der Waals surface area contributed by atoms with E-state index in [9.17, 15) is 0 Å². The normalized spacial score (nSPS) is 10.9. The topological polar surface area (TPSA) is 4.93 Å². The first-order valence-electron chi connectivity index (χ1n) is 5.87. The van der Waals surface area contributed by atoms with Crippen LogP contribution in [0.25, 0.3) is 21.9 Å². The highest BCUT2D eigenvalue weighted by molar-refractivity contribution is 5.97. The largest absolute Gasteiger partial charge is 0.354 e. The number of hydrogen-bond acceptors (Lipinski definition) is 0. The molecule has 0 radical (unpaired) electrons. The Labute approximate surface area is 101 Å². The van der Waals surface area contributed by atoms with Gasteiger partial charge in [-0.05, 0) is 29.3 Å². The zero-order valence-electron chi connectivity index (χ0n) is 10.1. The highest BCUT2D eigenvalue weighted by Gasteiger charge is 2.07. The van der Waals surface area contributed by atoms with Gasteiger partial charge in [-0.25, -0.2) is 0 Å². The smallest absolute Gasteiger partial charge is 0.0219 e. The number of rotatable bonds is 1. The maximum Gasteiger partial charge on any atom is 0.0219 e. The van der Waals surface area contributed by atoms with Gasteiger partial charge >= 0.3 is 0 Å². The number of hydrogen-bond donors (Lipinski definition) is 0. The summed E-state index contributed by atoms with van der Waals surface area (Å²) in [5.41, 5.74) is 3.95. The van der Waals surface area contributed by atoms with E-state index < -0.39 is 0 Å². The first-order chi connectivity index (χ1) is 8.27.